The van der Waals surface area contributed by atoms with E-state index in [1.54, 1.807) is 0 Å². The van der Waals surface area contributed by atoms with Crippen molar-refractivity contribution in [2.45, 2.75) is 39.2 Å². The van der Waals surface area contributed by atoms with Gasteiger partial charge in [0.15, 0.2) is 5.11 Å². The van der Waals surface area contributed by atoms with E-state index in [4.69, 9.17) is 12.2 Å². The van der Waals surface area contributed by atoms with Gasteiger partial charge < -0.3 is 15.5 Å². The lowest BCUT2D eigenvalue weighted by molar-refractivity contribution is 0.0922. The van der Waals surface area contributed by atoms with Crippen LogP contribution in [0.4, 0.5) is 5.69 Å². The Bertz CT molecular complexity index is 778. The second-order valence-electron chi connectivity index (χ2n) is 7.08. The van der Waals surface area contributed by atoms with Gasteiger partial charge in [-0.1, -0.05) is 36.8 Å². The molecule has 0 unspecified atom stereocenters. The zero-order valence-corrected chi connectivity index (χ0v) is 16.8. The van der Waals surface area contributed by atoms with Crippen LogP contribution in [0.3, 0.4) is 0 Å². The van der Waals surface area contributed by atoms with Crippen LogP contribution in [0, 0.1) is 6.92 Å². The van der Waals surface area contributed by atoms with Crippen molar-refractivity contribution >= 4 is 28.9 Å². The zero-order chi connectivity index (χ0) is 19.2. The largest absolute Gasteiger partial charge is 0.349 e. The highest BCUT2D eigenvalue weighted by atomic mass is 32.1. The van der Waals surface area contributed by atoms with Crippen molar-refractivity contribution in [3.8, 4) is 0 Å². The van der Waals surface area contributed by atoms with E-state index in [9.17, 15) is 4.79 Å². The van der Waals surface area contributed by atoms with E-state index >= 15 is 0 Å². The van der Waals surface area contributed by atoms with Crippen LogP contribution in [0.2, 0.25) is 0 Å². The molecular formula is C22H27N3OS. The molecule has 0 spiro atoms. The van der Waals surface area contributed by atoms with Crippen LogP contribution < -0.4 is 10.6 Å². The van der Waals surface area contributed by atoms with Crippen LogP contribution in [-0.2, 0) is 6.42 Å². The zero-order valence-electron chi connectivity index (χ0n) is 16.0. The van der Waals surface area contributed by atoms with Gasteiger partial charge in [-0.05, 0) is 68.2 Å². The summed E-state index contributed by atoms with van der Waals surface area (Å²) in [5.74, 6) is 0.00478. The van der Waals surface area contributed by atoms with Crippen molar-refractivity contribution in [3.63, 3.8) is 0 Å². The fourth-order valence-electron chi connectivity index (χ4n) is 3.23. The minimum atomic E-state index is 0.00478. The molecule has 142 valence electrons. The standard InChI is InChI=1S/C22H27N3OS/c1-3-17-6-10-19(11-7-17)24-22(27)25-14-12-20(13-15-25)23-21(26)18-8-4-16(2)5-9-18/h4-11,20H,3,12-15H2,1-2H3,(H,23,26)(H,24,27). The number of amides is 1. The van der Waals surface area contributed by atoms with Crippen LogP contribution >= 0.6 is 12.2 Å². The number of piperidine rings is 1. The summed E-state index contributed by atoms with van der Waals surface area (Å²) in [4.78, 5) is 14.5. The molecule has 0 atom stereocenters. The molecule has 5 heteroatoms. The lowest BCUT2D eigenvalue weighted by atomic mass is 10.0. The van der Waals surface area contributed by atoms with Crippen molar-refractivity contribution in [2.24, 2.45) is 0 Å². The maximum Gasteiger partial charge on any atom is 0.251 e. The van der Waals surface area contributed by atoms with Crippen LogP contribution in [0.25, 0.3) is 0 Å². The molecule has 0 saturated carbocycles. The van der Waals surface area contributed by atoms with Gasteiger partial charge >= 0.3 is 0 Å². The second kappa shape index (κ2) is 9.00. The van der Waals surface area contributed by atoms with Crippen molar-refractivity contribution < 1.29 is 4.79 Å². The highest BCUT2D eigenvalue weighted by Gasteiger charge is 2.22. The summed E-state index contributed by atoms with van der Waals surface area (Å²) < 4.78 is 0. The third-order valence-electron chi connectivity index (χ3n) is 5.04. The van der Waals surface area contributed by atoms with Crippen molar-refractivity contribution in [2.75, 3.05) is 18.4 Å². The molecule has 0 aliphatic carbocycles. The van der Waals surface area contributed by atoms with E-state index in [-0.39, 0.29) is 11.9 Å². The number of rotatable bonds is 4. The molecule has 1 heterocycles. The Kier molecular flexibility index (Phi) is 6.45. The summed E-state index contributed by atoms with van der Waals surface area (Å²) in [6.45, 7) is 5.86. The number of aryl methyl sites for hydroxylation is 2. The van der Waals surface area contributed by atoms with E-state index in [0.717, 1.165) is 54.3 Å². The maximum atomic E-state index is 12.4. The van der Waals surface area contributed by atoms with Crippen LogP contribution in [0.5, 0.6) is 0 Å². The number of nitrogens with zero attached hydrogens (tertiary/aromatic N) is 1. The van der Waals surface area contributed by atoms with Crippen molar-refractivity contribution in [1.29, 1.82) is 0 Å². The highest BCUT2D eigenvalue weighted by Crippen LogP contribution is 2.15. The Morgan fingerprint density at radius 2 is 1.70 bits per heavy atom. The Labute approximate surface area is 167 Å². The first-order valence-corrected chi connectivity index (χ1v) is 9.98. The smallest absolute Gasteiger partial charge is 0.251 e. The number of thiocarbonyl (C=S) groups is 1. The Morgan fingerprint density at radius 3 is 2.30 bits per heavy atom. The Morgan fingerprint density at radius 1 is 1.07 bits per heavy atom. The lowest BCUT2D eigenvalue weighted by Gasteiger charge is -2.34. The van der Waals surface area contributed by atoms with E-state index < -0.39 is 0 Å². The topological polar surface area (TPSA) is 44.4 Å². The number of anilines is 1. The van der Waals surface area contributed by atoms with Gasteiger partial charge in [0.1, 0.15) is 0 Å². The molecule has 3 rings (SSSR count). The number of carbonyl (C=O) groups excluding carboxylic acids is 1. The number of benzene rings is 2. The third kappa shape index (κ3) is 5.30. The van der Waals surface area contributed by atoms with Gasteiger partial charge in [0.25, 0.3) is 5.91 Å². The first kappa shape index (κ1) is 19.4. The average Bonchev–Trinajstić information content (AvgIpc) is 2.69. The normalized spacial score (nSPS) is 14.7. The van der Waals surface area contributed by atoms with Gasteiger partial charge in [-0.2, -0.15) is 0 Å². The van der Waals surface area contributed by atoms with E-state index in [1.165, 1.54) is 5.56 Å². The molecule has 1 amide bonds. The number of hydrogen-bond donors (Lipinski definition) is 2. The van der Waals surface area contributed by atoms with Crippen LogP contribution in [-0.4, -0.2) is 35.1 Å². The summed E-state index contributed by atoms with van der Waals surface area (Å²) in [5.41, 5.74) is 4.21. The SMILES string of the molecule is CCc1ccc(NC(=S)N2CCC(NC(=O)c3ccc(C)cc3)CC2)cc1. The van der Waals surface area contributed by atoms with Gasteiger partial charge in [0.2, 0.25) is 0 Å². The minimum absolute atomic E-state index is 0.00478. The molecule has 0 aromatic heterocycles. The fraction of sp³-hybridized carbons (Fsp3) is 0.364. The Balaban J connectivity index is 1.47. The first-order chi connectivity index (χ1) is 13.0. The molecule has 2 aromatic carbocycles. The summed E-state index contributed by atoms with van der Waals surface area (Å²) in [7, 11) is 0. The molecule has 1 aliphatic heterocycles. The molecule has 1 saturated heterocycles. The summed E-state index contributed by atoms with van der Waals surface area (Å²) in [6.07, 6.45) is 2.83. The van der Waals surface area contributed by atoms with Crippen LogP contribution in [0.15, 0.2) is 48.5 Å². The number of hydrogen-bond acceptors (Lipinski definition) is 2. The predicted octanol–water partition coefficient (Wildman–Crippen LogP) is 4.15. The molecule has 0 bridgehead atoms. The van der Waals surface area contributed by atoms with Crippen molar-refractivity contribution in [1.82, 2.24) is 10.2 Å². The molecular weight excluding hydrogens is 354 g/mol. The molecule has 27 heavy (non-hydrogen) atoms. The molecule has 1 fully saturated rings. The summed E-state index contributed by atoms with van der Waals surface area (Å²) in [6, 6.07) is 16.3. The van der Waals surface area contributed by atoms with Gasteiger partial charge in [-0.25, -0.2) is 0 Å². The maximum absolute atomic E-state index is 12.4. The molecule has 1 aliphatic rings. The second-order valence-corrected chi connectivity index (χ2v) is 7.47. The molecule has 2 aromatic rings. The number of nitrogens with one attached hydrogen (secondary N) is 2. The first-order valence-electron chi connectivity index (χ1n) is 9.57. The van der Waals surface area contributed by atoms with Gasteiger partial charge in [-0.15, -0.1) is 0 Å². The van der Waals surface area contributed by atoms with Gasteiger partial charge in [0.05, 0.1) is 0 Å². The molecule has 4 nitrogen and oxygen atoms in total. The van der Waals surface area contributed by atoms with Gasteiger partial charge in [-0.3, -0.25) is 4.79 Å². The predicted molar refractivity (Wildman–Crippen MR) is 115 cm³/mol. The molecule has 0 radical (unpaired) electrons. The lowest BCUT2D eigenvalue weighted by Crippen LogP contribution is -2.47. The summed E-state index contributed by atoms with van der Waals surface area (Å²) >= 11 is 5.56. The number of likely N-dealkylation sites (tertiary alicyclic amines) is 1. The Hall–Kier alpha value is -2.40. The van der Waals surface area contributed by atoms with Crippen LogP contribution in [0.1, 0.15) is 41.3 Å². The summed E-state index contributed by atoms with van der Waals surface area (Å²) in [5, 5.41) is 7.22. The fourth-order valence-corrected chi connectivity index (χ4v) is 3.53. The van der Waals surface area contributed by atoms with E-state index in [2.05, 4.69) is 46.7 Å². The number of carbonyl (C=O) groups is 1. The van der Waals surface area contributed by atoms with Crippen molar-refractivity contribution in [3.05, 3.63) is 65.2 Å². The monoisotopic (exact) mass is 381 g/mol. The minimum Gasteiger partial charge on any atom is -0.349 e. The van der Waals surface area contributed by atoms with E-state index in [1.807, 2.05) is 31.2 Å². The van der Waals surface area contributed by atoms with E-state index in [0.29, 0.717) is 0 Å². The third-order valence-corrected chi connectivity index (χ3v) is 5.40. The highest BCUT2D eigenvalue weighted by molar-refractivity contribution is 7.80. The van der Waals surface area contributed by atoms with Gasteiger partial charge in [0, 0.05) is 30.4 Å². The average molecular weight is 382 g/mol. The molecule has 2 N–H and O–H groups in total. The quantitative estimate of drug-likeness (QED) is 0.781.